The van der Waals surface area contributed by atoms with Crippen LogP contribution < -0.4 is 10.6 Å². The minimum absolute atomic E-state index is 0.604. The van der Waals surface area contributed by atoms with Crippen LogP contribution in [0.4, 0.5) is 11.8 Å². The molecular weight excluding hydrogens is 216 g/mol. The second-order valence-electron chi connectivity index (χ2n) is 4.37. The minimum Gasteiger partial charge on any atom is -0.381 e. The summed E-state index contributed by atoms with van der Waals surface area (Å²) < 4.78 is 5.35. The van der Waals surface area contributed by atoms with Crippen LogP contribution in [0.25, 0.3) is 0 Å². The summed E-state index contributed by atoms with van der Waals surface area (Å²) in [4.78, 5) is 8.67. The second kappa shape index (κ2) is 5.82. The summed E-state index contributed by atoms with van der Waals surface area (Å²) in [6.45, 7) is 7.55. The third-order valence-corrected chi connectivity index (χ3v) is 2.89. The Morgan fingerprint density at radius 2 is 2.35 bits per heavy atom. The Hall–Kier alpha value is -1.36. The summed E-state index contributed by atoms with van der Waals surface area (Å²) in [6.07, 6.45) is 2.98. The van der Waals surface area contributed by atoms with E-state index in [-0.39, 0.29) is 0 Å². The van der Waals surface area contributed by atoms with Crippen LogP contribution in [0.5, 0.6) is 0 Å². The van der Waals surface area contributed by atoms with Gasteiger partial charge in [0, 0.05) is 37.4 Å². The molecule has 1 aromatic rings. The van der Waals surface area contributed by atoms with Crippen molar-refractivity contribution in [1.29, 1.82) is 0 Å². The predicted molar refractivity (Wildman–Crippen MR) is 68.3 cm³/mol. The maximum atomic E-state index is 5.35. The molecule has 0 saturated carbocycles. The fourth-order valence-electron chi connectivity index (χ4n) is 1.85. The zero-order chi connectivity index (χ0) is 12.1. The van der Waals surface area contributed by atoms with E-state index in [0.717, 1.165) is 44.1 Å². The fourth-order valence-corrected chi connectivity index (χ4v) is 1.85. The van der Waals surface area contributed by atoms with Gasteiger partial charge in [-0.15, -0.1) is 0 Å². The Morgan fingerprint density at radius 3 is 3.06 bits per heavy atom. The van der Waals surface area contributed by atoms with E-state index in [4.69, 9.17) is 4.74 Å². The van der Waals surface area contributed by atoms with Crippen molar-refractivity contribution in [2.45, 2.75) is 20.3 Å². The molecule has 2 rings (SSSR count). The first kappa shape index (κ1) is 12.1. The smallest absolute Gasteiger partial charge is 0.224 e. The molecule has 0 radical (unpaired) electrons. The molecule has 94 valence electrons. The van der Waals surface area contributed by atoms with Gasteiger partial charge < -0.3 is 15.4 Å². The molecule has 1 unspecified atom stereocenters. The molecule has 1 fully saturated rings. The van der Waals surface area contributed by atoms with Crippen LogP contribution >= 0.6 is 0 Å². The number of rotatable bonds is 5. The topological polar surface area (TPSA) is 59.1 Å². The number of aromatic nitrogens is 2. The van der Waals surface area contributed by atoms with E-state index >= 15 is 0 Å². The summed E-state index contributed by atoms with van der Waals surface area (Å²) >= 11 is 0. The highest BCUT2D eigenvalue weighted by Crippen LogP contribution is 2.16. The lowest BCUT2D eigenvalue weighted by Gasteiger charge is -2.12. The van der Waals surface area contributed by atoms with Crippen LogP contribution in [-0.4, -0.2) is 36.3 Å². The van der Waals surface area contributed by atoms with Crippen molar-refractivity contribution < 1.29 is 4.74 Å². The lowest BCUT2D eigenvalue weighted by atomic mass is 10.1. The average molecular weight is 236 g/mol. The van der Waals surface area contributed by atoms with Crippen LogP contribution in [0.3, 0.4) is 0 Å². The number of ether oxygens (including phenoxy) is 1. The molecule has 0 aliphatic carbocycles. The van der Waals surface area contributed by atoms with Gasteiger partial charge in [-0.3, -0.25) is 0 Å². The van der Waals surface area contributed by atoms with Crippen molar-refractivity contribution in [3.8, 4) is 0 Å². The van der Waals surface area contributed by atoms with Gasteiger partial charge in [0.15, 0.2) is 0 Å². The van der Waals surface area contributed by atoms with Crippen LogP contribution in [0.2, 0.25) is 0 Å². The van der Waals surface area contributed by atoms with Gasteiger partial charge in [0.2, 0.25) is 5.95 Å². The number of nitrogens with one attached hydrogen (secondary N) is 2. The van der Waals surface area contributed by atoms with Gasteiger partial charge in [-0.2, -0.15) is 4.98 Å². The standard InChI is InChI=1S/C12H20N4O/c1-3-13-12-15-6-9(2)11(16-12)14-7-10-4-5-17-8-10/h6,10H,3-5,7-8H2,1-2H3,(H2,13,14,15,16). The second-order valence-corrected chi connectivity index (χ2v) is 4.37. The van der Waals surface area contributed by atoms with Crippen LogP contribution in [0, 0.1) is 12.8 Å². The molecule has 0 amide bonds. The summed E-state index contributed by atoms with van der Waals surface area (Å²) in [5.41, 5.74) is 1.07. The maximum Gasteiger partial charge on any atom is 0.224 e. The zero-order valence-electron chi connectivity index (χ0n) is 10.5. The van der Waals surface area contributed by atoms with E-state index < -0.39 is 0 Å². The van der Waals surface area contributed by atoms with E-state index in [1.165, 1.54) is 0 Å². The highest BCUT2D eigenvalue weighted by atomic mass is 16.5. The summed E-state index contributed by atoms with van der Waals surface area (Å²) in [5, 5.41) is 6.50. The molecule has 1 saturated heterocycles. The van der Waals surface area contributed by atoms with Gasteiger partial charge in [-0.05, 0) is 20.3 Å². The summed E-state index contributed by atoms with van der Waals surface area (Å²) in [7, 11) is 0. The minimum atomic E-state index is 0.604. The Labute approximate surface area is 102 Å². The molecule has 0 aromatic carbocycles. The lowest BCUT2D eigenvalue weighted by molar-refractivity contribution is 0.187. The number of anilines is 2. The van der Waals surface area contributed by atoms with E-state index in [1.807, 2.05) is 20.0 Å². The largest absolute Gasteiger partial charge is 0.381 e. The molecule has 1 aliphatic heterocycles. The number of hydrogen-bond acceptors (Lipinski definition) is 5. The molecule has 1 atom stereocenters. The molecule has 2 N–H and O–H groups in total. The third-order valence-electron chi connectivity index (χ3n) is 2.89. The number of hydrogen-bond donors (Lipinski definition) is 2. The summed E-state index contributed by atoms with van der Waals surface area (Å²) in [6, 6.07) is 0. The van der Waals surface area contributed by atoms with E-state index in [2.05, 4.69) is 20.6 Å². The SMILES string of the molecule is CCNc1ncc(C)c(NCC2CCOC2)n1. The van der Waals surface area contributed by atoms with Gasteiger partial charge in [0.1, 0.15) is 5.82 Å². The molecule has 2 heterocycles. The predicted octanol–water partition coefficient (Wildman–Crippen LogP) is 1.67. The van der Waals surface area contributed by atoms with Crippen molar-refractivity contribution in [2.75, 3.05) is 36.9 Å². The normalized spacial score (nSPS) is 19.3. The van der Waals surface area contributed by atoms with Crippen LogP contribution in [0.15, 0.2) is 6.20 Å². The van der Waals surface area contributed by atoms with Crippen molar-refractivity contribution in [2.24, 2.45) is 5.92 Å². The highest BCUT2D eigenvalue weighted by Gasteiger charge is 2.15. The van der Waals surface area contributed by atoms with Crippen molar-refractivity contribution in [3.05, 3.63) is 11.8 Å². The van der Waals surface area contributed by atoms with Crippen molar-refractivity contribution in [1.82, 2.24) is 9.97 Å². The van der Waals surface area contributed by atoms with Gasteiger partial charge >= 0.3 is 0 Å². The fraction of sp³-hybridized carbons (Fsp3) is 0.667. The Bertz CT molecular complexity index is 364. The molecule has 0 bridgehead atoms. The zero-order valence-corrected chi connectivity index (χ0v) is 10.5. The number of aryl methyl sites for hydroxylation is 1. The quantitative estimate of drug-likeness (QED) is 0.814. The first-order valence-electron chi connectivity index (χ1n) is 6.18. The van der Waals surface area contributed by atoms with Gasteiger partial charge in [0.25, 0.3) is 0 Å². The molecule has 17 heavy (non-hydrogen) atoms. The Balaban J connectivity index is 1.95. The van der Waals surface area contributed by atoms with Gasteiger partial charge in [-0.25, -0.2) is 4.98 Å². The maximum absolute atomic E-state index is 5.35. The third kappa shape index (κ3) is 3.30. The molecule has 5 nitrogen and oxygen atoms in total. The molecule has 0 spiro atoms. The summed E-state index contributed by atoms with van der Waals surface area (Å²) in [5.74, 6) is 2.21. The highest BCUT2D eigenvalue weighted by molar-refractivity contribution is 5.46. The van der Waals surface area contributed by atoms with Gasteiger partial charge in [0.05, 0.1) is 6.61 Å². The first-order valence-corrected chi connectivity index (χ1v) is 6.18. The number of nitrogens with zero attached hydrogens (tertiary/aromatic N) is 2. The Morgan fingerprint density at radius 1 is 1.47 bits per heavy atom. The molecule has 5 heteroatoms. The van der Waals surface area contributed by atoms with E-state index in [1.54, 1.807) is 0 Å². The van der Waals surface area contributed by atoms with E-state index in [0.29, 0.717) is 11.9 Å². The van der Waals surface area contributed by atoms with Crippen molar-refractivity contribution in [3.63, 3.8) is 0 Å². The molecular formula is C12H20N4O. The first-order chi connectivity index (χ1) is 8.29. The average Bonchev–Trinajstić information content (AvgIpc) is 2.83. The van der Waals surface area contributed by atoms with E-state index in [9.17, 15) is 0 Å². The molecule has 1 aromatic heterocycles. The van der Waals surface area contributed by atoms with Crippen LogP contribution in [0.1, 0.15) is 18.9 Å². The lowest BCUT2D eigenvalue weighted by Crippen LogP contribution is -2.16. The monoisotopic (exact) mass is 236 g/mol. The Kier molecular flexibility index (Phi) is 4.14. The van der Waals surface area contributed by atoms with Gasteiger partial charge in [-0.1, -0.05) is 0 Å². The van der Waals surface area contributed by atoms with Crippen LogP contribution in [-0.2, 0) is 4.74 Å². The van der Waals surface area contributed by atoms with Crippen molar-refractivity contribution >= 4 is 11.8 Å². The molecule has 1 aliphatic rings.